The average molecular weight is 356 g/mol. The molecule has 0 radical (unpaired) electrons. The van der Waals surface area contributed by atoms with Gasteiger partial charge >= 0.3 is 0 Å². The van der Waals surface area contributed by atoms with Gasteiger partial charge in [-0.1, -0.05) is 49.1 Å². The fraction of sp³-hybridized carbons (Fsp3) is 0.333. The number of hydrogen-bond acceptors (Lipinski definition) is 2. The maximum absolute atomic E-state index is 12.5. The first-order chi connectivity index (χ1) is 9.51. The van der Waals surface area contributed by atoms with E-state index in [0.29, 0.717) is 6.54 Å². The second kappa shape index (κ2) is 6.70. The second-order valence-electron chi connectivity index (χ2n) is 4.82. The second-order valence-corrected chi connectivity index (χ2v) is 8.21. The van der Waals surface area contributed by atoms with Crippen molar-refractivity contribution in [1.29, 1.82) is 0 Å². The minimum Gasteiger partial charge on any atom is -0.206 e. The highest BCUT2D eigenvalue weighted by Crippen LogP contribution is 2.27. The van der Waals surface area contributed by atoms with Gasteiger partial charge in [0.25, 0.3) is 0 Å². The Morgan fingerprint density at radius 3 is 2.60 bits per heavy atom. The Morgan fingerprint density at radius 2 is 2.05 bits per heavy atom. The van der Waals surface area contributed by atoms with Crippen molar-refractivity contribution in [2.75, 3.05) is 0 Å². The Labute approximate surface area is 129 Å². The summed E-state index contributed by atoms with van der Waals surface area (Å²) in [7, 11) is -3.53. The molecule has 5 heteroatoms. The molecule has 3 nitrogen and oxygen atoms in total. The first-order valence-electron chi connectivity index (χ1n) is 6.58. The molecule has 0 saturated heterocycles. The molecule has 1 aromatic rings. The zero-order valence-corrected chi connectivity index (χ0v) is 13.6. The standard InChI is InChI=1S/C15H18BrNO2S/c1-13(16)20(18,19)17(15-10-6-3-7-11-15)12-14-8-4-2-5-9-14/h2,4-6,8-10,15H,1,3,7,11-12H2. The molecule has 0 fully saturated rings. The third-order valence-corrected chi connectivity index (χ3v) is 6.17. The van der Waals surface area contributed by atoms with Crippen molar-refractivity contribution in [2.45, 2.75) is 31.8 Å². The Morgan fingerprint density at radius 1 is 1.35 bits per heavy atom. The van der Waals surface area contributed by atoms with Gasteiger partial charge in [0.05, 0.1) is 0 Å². The van der Waals surface area contributed by atoms with Gasteiger partial charge in [-0.25, -0.2) is 8.42 Å². The van der Waals surface area contributed by atoms with Gasteiger partial charge in [-0.15, -0.1) is 0 Å². The van der Waals surface area contributed by atoms with E-state index in [4.69, 9.17) is 0 Å². The molecule has 1 aliphatic rings. The van der Waals surface area contributed by atoms with Crippen LogP contribution in [-0.4, -0.2) is 18.8 Å². The first-order valence-corrected chi connectivity index (χ1v) is 8.82. The van der Waals surface area contributed by atoms with E-state index in [9.17, 15) is 8.42 Å². The van der Waals surface area contributed by atoms with Crippen molar-refractivity contribution in [1.82, 2.24) is 4.31 Å². The lowest BCUT2D eigenvalue weighted by Crippen LogP contribution is -2.39. The van der Waals surface area contributed by atoms with Gasteiger partial charge in [0.1, 0.15) is 3.81 Å². The van der Waals surface area contributed by atoms with Crippen molar-refractivity contribution in [3.63, 3.8) is 0 Å². The van der Waals surface area contributed by atoms with E-state index in [0.717, 1.165) is 24.8 Å². The van der Waals surface area contributed by atoms with Crippen LogP contribution in [0.1, 0.15) is 24.8 Å². The molecule has 1 aromatic carbocycles. The molecule has 108 valence electrons. The fourth-order valence-corrected chi connectivity index (χ4v) is 3.97. The smallest absolute Gasteiger partial charge is 0.206 e. The lowest BCUT2D eigenvalue weighted by molar-refractivity contribution is 0.334. The largest absolute Gasteiger partial charge is 0.249 e. The first kappa shape index (κ1) is 15.5. The van der Waals surface area contributed by atoms with Crippen LogP contribution in [0.25, 0.3) is 0 Å². The van der Waals surface area contributed by atoms with E-state index in [1.165, 1.54) is 4.31 Å². The molecule has 2 rings (SSSR count). The van der Waals surface area contributed by atoms with E-state index in [1.54, 1.807) is 0 Å². The van der Waals surface area contributed by atoms with Gasteiger partial charge in [0, 0.05) is 12.6 Å². The molecule has 20 heavy (non-hydrogen) atoms. The zero-order chi connectivity index (χ0) is 14.6. The zero-order valence-electron chi connectivity index (χ0n) is 11.2. The van der Waals surface area contributed by atoms with Gasteiger partial charge < -0.3 is 0 Å². The van der Waals surface area contributed by atoms with E-state index in [2.05, 4.69) is 28.6 Å². The third kappa shape index (κ3) is 3.59. The summed E-state index contributed by atoms with van der Waals surface area (Å²) in [5.41, 5.74) is 0.976. The quantitative estimate of drug-likeness (QED) is 0.753. The van der Waals surface area contributed by atoms with E-state index in [-0.39, 0.29) is 9.86 Å². The summed E-state index contributed by atoms with van der Waals surface area (Å²) in [5, 5.41) is 0. The molecule has 1 unspecified atom stereocenters. The van der Waals surface area contributed by atoms with Crippen molar-refractivity contribution >= 4 is 26.0 Å². The Bertz CT molecular complexity index is 596. The van der Waals surface area contributed by atoms with E-state index < -0.39 is 10.0 Å². The number of hydrogen-bond donors (Lipinski definition) is 0. The number of rotatable bonds is 5. The number of halogens is 1. The Balaban J connectivity index is 2.31. The maximum atomic E-state index is 12.5. The number of nitrogens with zero attached hydrogens (tertiary/aromatic N) is 1. The van der Waals surface area contributed by atoms with Crippen molar-refractivity contribution in [2.24, 2.45) is 0 Å². The molecule has 0 saturated carbocycles. The Kier molecular flexibility index (Phi) is 5.18. The normalized spacial score (nSPS) is 19.2. The van der Waals surface area contributed by atoms with Crippen molar-refractivity contribution < 1.29 is 8.42 Å². The maximum Gasteiger partial charge on any atom is 0.249 e. The summed E-state index contributed by atoms with van der Waals surface area (Å²) in [6.45, 7) is 3.91. The highest BCUT2D eigenvalue weighted by atomic mass is 79.9. The molecule has 0 bridgehead atoms. The van der Waals surface area contributed by atoms with Crippen molar-refractivity contribution in [3.05, 3.63) is 58.4 Å². The highest BCUT2D eigenvalue weighted by molar-refractivity contribution is 9.13. The summed E-state index contributed by atoms with van der Waals surface area (Å²) >= 11 is 3.03. The molecule has 0 spiro atoms. The van der Waals surface area contributed by atoms with Crippen LogP contribution in [0, 0.1) is 0 Å². The van der Waals surface area contributed by atoms with Crippen LogP contribution < -0.4 is 0 Å². The van der Waals surface area contributed by atoms with Gasteiger partial charge in [-0.2, -0.15) is 4.31 Å². The molecule has 1 aliphatic carbocycles. The van der Waals surface area contributed by atoms with Crippen LogP contribution in [0.5, 0.6) is 0 Å². The molecule has 0 N–H and O–H groups in total. The number of benzene rings is 1. The highest BCUT2D eigenvalue weighted by Gasteiger charge is 2.30. The molecule has 1 atom stereocenters. The molecular formula is C15H18BrNO2S. The van der Waals surface area contributed by atoms with Gasteiger partial charge in [0.2, 0.25) is 10.0 Å². The van der Waals surface area contributed by atoms with Gasteiger partial charge in [-0.3, -0.25) is 0 Å². The fourth-order valence-electron chi connectivity index (χ4n) is 2.31. The molecule has 0 aromatic heterocycles. The minimum atomic E-state index is -3.53. The van der Waals surface area contributed by atoms with E-state index in [1.807, 2.05) is 36.4 Å². The predicted molar refractivity (Wildman–Crippen MR) is 85.8 cm³/mol. The summed E-state index contributed by atoms with van der Waals surface area (Å²) < 4.78 is 26.5. The average Bonchev–Trinajstić information content (AvgIpc) is 2.46. The number of allylic oxidation sites excluding steroid dienone is 1. The van der Waals surface area contributed by atoms with Crippen LogP contribution >= 0.6 is 15.9 Å². The molecule has 0 heterocycles. The van der Waals surface area contributed by atoms with Gasteiger partial charge in [0.15, 0.2) is 0 Å². The van der Waals surface area contributed by atoms with Crippen LogP contribution in [0.3, 0.4) is 0 Å². The molecular weight excluding hydrogens is 338 g/mol. The lowest BCUT2D eigenvalue weighted by atomic mass is 10.0. The van der Waals surface area contributed by atoms with Crippen LogP contribution in [0.15, 0.2) is 52.9 Å². The van der Waals surface area contributed by atoms with Crippen molar-refractivity contribution in [3.8, 4) is 0 Å². The summed E-state index contributed by atoms with van der Waals surface area (Å²) in [6, 6.07) is 9.53. The minimum absolute atomic E-state index is 0.0138. The van der Waals surface area contributed by atoms with Crippen LogP contribution in [0.4, 0.5) is 0 Å². The van der Waals surface area contributed by atoms with Crippen LogP contribution in [0.2, 0.25) is 0 Å². The lowest BCUT2D eigenvalue weighted by Gasteiger charge is -2.30. The monoisotopic (exact) mass is 355 g/mol. The topological polar surface area (TPSA) is 37.4 Å². The molecule has 0 amide bonds. The summed E-state index contributed by atoms with van der Waals surface area (Å²) in [4.78, 5) is 0. The summed E-state index contributed by atoms with van der Waals surface area (Å²) in [6.07, 6.45) is 6.92. The SMILES string of the molecule is C=C(Br)S(=O)(=O)N(Cc1ccccc1)C1C=CCCC1. The van der Waals surface area contributed by atoms with Gasteiger partial charge in [-0.05, 0) is 40.8 Å². The number of sulfonamides is 1. The van der Waals surface area contributed by atoms with E-state index >= 15 is 0 Å². The molecule has 0 aliphatic heterocycles. The summed E-state index contributed by atoms with van der Waals surface area (Å²) in [5.74, 6) is 0. The third-order valence-electron chi connectivity index (χ3n) is 3.37. The van der Waals surface area contributed by atoms with Crippen LogP contribution in [-0.2, 0) is 16.6 Å². The Hall–Kier alpha value is -0.910. The predicted octanol–water partition coefficient (Wildman–Crippen LogP) is 3.79.